The van der Waals surface area contributed by atoms with Gasteiger partial charge in [-0.2, -0.15) is 0 Å². The zero-order valence-corrected chi connectivity index (χ0v) is 8.59. The van der Waals surface area contributed by atoms with Crippen molar-refractivity contribution in [3.63, 3.8) is 0 Å². The van der Waals surface area contributed by atoms with Crippen LogP contribution in [-0.4, -0.2) is 36.4 Å². The number of hydrogen-bond acceptors (Lipinski definition) is 4. The second-order valence-corrected chi connectivity index (χ2v) is 3.61. The maximum atomic E-state index is 10.7. The number of carbonyl (C=O) groups excluding carboxylic acids is 1. The van der Waals surface area contributed by atoms with E-state index < -0.39 is 5.60 Å². The van der Waals surface area contributed by atoms with Gasteiger partial charge in [0.2, 0.25) is 0 Å². The molecule has 0 spiro atoms. The summed E-state index contributed by atoms with van der Waals surface area (Å²) in [4.78, 5) is 10.7. The Morgan fingerprint density at radius 2 is 2.15 bits per heavy atom. The summed E-state index contributed by atoms with van der Waals surface area (Å²) in [6.07, 6.45) is 0.718. The zero-order valence-electron chi connectivity index (χ0n) is 8.59. The Labute approximate surface area is 79.3 Å². The topological polar surface area (TPSA) is 58.6 Å². The van der Waals surface area contributed by atoms with Gasteiger partial charge < -0.3 is 15.2 Å². The SMILES string of the molecule is CC(=O)OC(C)(C)CNCCCO. The van der Waals surface area contributed by atoms with Crippen LogP contribution in [0.2, 0.25) is 0 Å². The second kappa shape index (κ2) is 5.94. The smallest absolute Gasteiger partial charge is 0.303 e. The third-order valence-electron chi connectivity index (χ3n) is 1.48. The Kier molecular flexibility index (Phi) is 5.66. The van der Waals surface area contributed by atoms with Crippen molar-refractivity contribution in [2.75, 3.05) is 19.7 Å². The van der Waals surface area contributed by atoms with Crippen LogP contribution in [-0.2, 0) is 9.53 Å². The molecular weight excluding hydrogens is 170 g/mol. The molecule has 0 radical (unpaired) electrons. The van der Waals surface area contributed by atoms with Gasteiger partial charge in [0.1, 0.15) is 5.60 Å². The van der Waals surface area contributed by atoms with Crippen LogP contribution in [0.5, 0.6) is 0 Å². The minimum atomic E-state index is -0.471. The molecule has 0 unspecified atom stereocenters. The minimum Gasteiger partial charge on any atom is -0.458 e. The van der Waals surface area contributed by atoms with E-state index in [4.69, 9.17) is 9.84 Å². The van der Waals surface area contributed by atoms with Crippen molar-refractivity contribution in [2.45, 2.75) is 32.8 Å². The first-order valence-corrected chi connectivity index (χ1v) is 4.49. The summed E-state index contributed by atoms with van der Waals surface area (Å²) in [6, 6.07) is 0. The van der Waals surface area contributed by atoms with Crippen LogP contribution in [0.4, 0.5) is 0 Å². The molecule has 0 heterocycles. The van der Waals surface area contributed by atoms with Crippen molar-refractivity contribution >= 4 is 5.97 Å². The predicted octanol–water partition coefficient (Wildman–Crippen LogP) is 0.300. The Morgan fingerprint density at radius 3 is 2.62 bits per heavy atom. The Hall–Kier alpha value is -0.610. The van der Waals surface area contributed by atoms with Crippen molar-refractivity contribution in [1.29, 1.82) is 0 Å². The maximum absolute atomic E-state index is 10.7. The molecule has 0 aliphatic heterocycles. The number of esters is 1. The van der Waals surface area contributed by atoms with E-state index >= 15 is 0 Å². The van der Waals surface area contributed by atoms with Crippen LogP contribution in [0, 0.1) is 0 Å². The van der Waals surface area contributed by atoms with E-state index in [-0.39, 0.29) is 12.6 Å². The maximum Gasteiger partial charge on any atom is 0.303 e. The van der Waals surface area contributed by atoms with Crippen LogP contribution in [0.25, 0.3) is 0 Å². The molecule has 0 bridgehead atoms. The van der Waals surface area contributed by atoms with Crippen molar-refractivity contribution in [3.8, 4) is 0 Å². The summed E-state index contributed by atoms with van der Waals surface area (Å²) in [7, 11) is 0. The molecule has 0 saturated carbocycles. The lowest BCUT2D eigenvalue weighted by Gasteiger charge is -2.24. The first-order chi connectivity index (χ1) is 5.98. The van der Waals surface area contributed by atoms with E-state index in [0.29, 0.717) is 6.54 Å². The quantitative estimate of drug-likeness (QED) is 0.466. The summed E-state index contributed by atoms with van der Waals surface area (Å²) in [6.45, 7) is 6.62. The summed E-state index contributed by atoms with van der Waals surface area (Å²) < 4.78 is 5.05. The van der Waals surface area contributed by atoms with E-state index in [2.05, 4.69) is 5.32 Å². The van der Waals surface area contributed by atoms with Gasteiger partial charge in [0, 0.05) is 20.1 Å². The molecule has 78 valence electrons. The van der Waals surface area contributed by atoms with E-state index in [0.717, 1.165) is 13.0 Å². The molecule has 0 aliphatic rings. The lowest BCUT2D eigenvalue weighted by Crippen LogP contribution is -2.39. The highest BCUT2D eigenvalue weighted by atomic mass is 16.6. The van der Waals surface area contributed by atoms with Crippen LogP contribution < -0.4 is 5.32 Å². The van der Waals surface area contributed by atoms with Crippen molar-refractivity contribution in [3.05, 3.63) is 0 Å². The van der Waals surface area contributed by atoms with Gasteiger partial charge in [-0.1, -0.05) is 0 Å². The summed E-state index contributed by atoms with van der Waals surface area (Å²) >= 11 is 0. The monoisotopic (exact) mass is 189 g/mol. The Bertz CT molecular complexity index is 157. The van der Waals surface area contributed by atoms with E-state index in [9.17, 15) is 4.79 Å². The summed E-state index contributed by atoms with van der Waals surface area (Å²) in [5, 5.41) is 11.6. The highest BCUT2D eigenvalue weighted by Crippen LogP contribution is 2.07. The average Bonchev–Trinajstić information content (AvgIpc) is 1.95. The standard InChI is InChI=1S/C9H19NO3/c1-8(12)13-9(2,3)7-10-5-4-6-11/h10-11H,4-7H2,1-3H3. The molecule has 0 aromatic carbocycles. The third kappa shape index (κ3) is 7.74. The summed E-state index contributed by atoms with van der Waals surface area (Å²) in [5.74, 6) is -0.269. The van der Waals surface area contributed by atoms with Crippen molar-refractivity contribution in [1.82, 2.24) is 5.32 Å². The predicted molar refractivity (Wildman–Crippen MR) is 50.4 cm³/mol. The van der Waals surface area contributed by atoms with Gasteiger partial charge in [0.15, 0.2) is 0 Å². The first-order valence-electron chi connectivity index (χ1n) is 4.49. The lowest BCUT2D eigenvalue weighted by atomic mass is 10.1. The minimum absolute atomic E-state index is 0.182. The fourth-order valence-electron chi connectivity index (χ4n) is 1.02. The molecule has 2 N–H and O–H groups in total. The number of rotatable bonds is 6. The number of nitrogens with one attached hydrogen (secondary N) is 1. The highest BCUT2D eigenvalue weighted by Gasteiger charge is 2.19. The van der Waals surface area contributed by atoms with Gasteiger partial charge in [-0.15, -0.1) is 0 Å². The summed E-state index contributed by atoms with van der Waals surface area (Å²) in [5.41, 5.74) is -0.471. The molecular formula is C9H19NO3. The van der Waals surface area contributed by atoms with Gasteiger partial charge in [-0.3, -0.25) is 4.79 Å². The molecule has 0 rings (SSSR count). The van der Waals surface area contributed by atoms with Gasteiger partial charge >= 0.3 is 5.97 Å². The Balaban J connectivity index is 3.56. The van der Waals surface area contributed by atoms with Crippen molar-refractivity contribution in [2.24, 2.45) is 0 Å². The largest absolute Gasteiger partial charge is 0.458 e. The van der Waals surface area contributed by atoms with Crippen LogP contribution >= 0.6 is 0 Å². The van der Waals surface area contributed by atoms with Gasteiger partial charge in [0.25, 0.3) is 0 Å². The number of hydrogen-bond donors (Lipinski definition) is 2. The van der Waals surface area contributed by atoms with Gasteiger partial charge in [-0.25, -0.2) is 0 Å². The number of carbonyl (C=O) groups is 1. The molecule has 0 saturated heterocycles. The van der Waals surface area contributed by atoms with E-state index in [1.165, 1.54) is 6.92 Å². The zero-order chi connectivity index (χ0) is 10.3. The second-order valence-electron chi connectivity index (χ2n) is 3.61. The lowest BCUT2D eigenvalue weighted by molar-refractivity contribution is -0.153. The fraction of sp³-hybridized carbons (Fsp3) is 0.889. The van der Waals surface area contributed by atoms with Crippen LogP contribution in [0.1, 0.15) is 27.2 Å². The van der Waals surface area contributed by atoms with E-state index in [1.54, 1.807) is 0 Å². The highest BCUT2D eigenvalue weighted by molar-refractivity contribution is 5.66. The molecule has 13 heavy (non-hydrogen) atoms. The van der Waals surface area contributed by atoms with Crippen LogP contribution in [0.15, 0.2) is 0 Å². The average molecular weight is 189 g/mol. The molecule has 0 aliphatic carbocycles. The normalized spacial score (nSPS) is 11.4. The van der Waals surface area contributed by atoms with E-state index in [1.807, 2.05) is 13.8 Å². The van der Waals surface area contributed by atoms with Crippen LogP contribution in [0.3, 0.4) is 0 Å². The van der Waals surface area contributed by atoms with Gasteiger partial charge in [-0.05, 0) is 26.8 Å². The number of aliphatic hydroxyl groups is 1. The number of ether oxygens (including phenoxy) is 1. The fourth-order valence-corrected chi connectivity index (χ4v) is 1.02. The van der Waals surface area contributed by atoms with Crippen molar-refractivity contribution < 1.29 is 14.6 Å². The molecule has 0 amide bonds. The molecule has 0 aromatic heterocycles. The molecule has 4 heteroatoms. The molecule has 0 aromatic rings. The van der Waals surface area contributed by atoms with Gasteiger partial charge in [0.05, 0.1) is 0 Å². The number of aliphatic hydroxyl groups excluding tert-OH is 1. The Morgan fingerprint density at radius 1 is 1.54 bits per heavy atom. The third-order valence-corrected chi connectivity index (χ3v) is 1.48. The molecule has 0 fully saturated rings. The first kappa shape index (κ1) is 12.4. The molecule has 4 nitrogen and oxygen atoms in total. The molecule has 0 atom stereocenters.